The summed E-state index contributed by atoms with van der Waals surface area (Å²) in [6.45, 7) is 3.90. The molecule has 0 fully saturated rings. The van der Waals surface area contributed by atoms with E-state index in [2.05, 4.69) is 5.32 Å². The van der Waals surface area contributed by atoms with E-state index in [1.807, 2.05) is 6.92 Å². The number of methoxy groups -OCH3 is 1. The first kappa shape index (κ1) is 21.8. The Hall–Kier alpha value is -2.45. The number of anilines is 2. The number of carbonyl (C=O) groups is 1. The Morgan fingerprint density at radius 1 is 1.21 bits per heavy atom. The van der Waals surface area contributed by atoms with Gasteiger partial charge in [0.25, 0.3) is 0 Å². The van der Waals surface area contributed by atoms with Gasteiger partial charge < -0.3 is 14.8 Å². The van der Waals surface area contributed by atoms with Crippen LogP contribution in [0, 0.1) is 0 Å². The molecule has 0 aliphatic rings. The molecule has 0 spiro atoms. The van der Waals surface area contributed by atoms with Crippen molar-refractivity contribution in [3.05, 3.63) is 47.5 Å². The third-order valence-corrected chi connectivity index (χ3v) is 5.36. The van der Waals surface area contributed by atoms with Crippen LogP contribution in [0.4, 0.5) is 11.4 Å². The summed E-state index contributed by atoms with van der Waals surface area (Å²) in [4.78, 5) is 12.7. The van der Waals surface area contributed by atoms with Gasteiger partial charge in [0.2, 0.25) is 15.9 Å². The molecule has 0 bridgehead atoms. The summed E-state index contributed by atoms with van der Waals surface area (Å²) < 4.78 is 36.5. The van der Waals surface area contributed by atoms with Crippen LogP contribution in [-0.4, -0.2) is 40.3 Å². The first-order valence-electron chi connectivity index (χ1n) is 8.54. The molecule has 0 heterocycles. The highest BCUT2D eigenvalue weighted by Gasteiger charge is 2.31. The Bertz CT molecular complexity index is 932. The molecule has 1 N–H and O–H groups in total. The zero-order valence-corrected chi connectivity index (χ0v) is 17.7. The van der Waals surface area contributed by atoms with Crippen molar-refractivity contribution < 1.29 is 22.7 Å². The van der Waals surface area contributed by atoms with Crippen LogP contribution in [0.5, 0.6) is 11.5 Å². The molecule has 0 aliphatic heterocycles. The second-order valence-corrected chi connectivity index (χ2v) is 8.29. The molecule has 2 rings (SSSR count). The van der Waals surface area contributed by atoms with E-state index in [0.29, 0.717) is 23.1 Å². The van der Waals surface area contributed by atoms with Gasteiger partial charge in [-0.3, -0.25) is 9.10 Å². The van der Waals surface area contributed by atoms with Crippen molar-refractivity contribution in [1.29, 1.82) is 0 Å². The Kier molecular flexibility index (Phi) is 7.15. The number of hydrogen-bond acceptors (Lipinski definition) is 5. The fourth-order valence-electron chi connectivity index (χ4n) is 2.66. The summed E-state index contributed by atoms with van der Waals surface area (Å²) >= 11 is 6.03. The average molecular weight is 427 g/mol. The second-order valence-electron chi connectivity index (χ2n) is 6.00. The first-order chi connectivity index (χ1) is 13.2. The number of hydrogen-bond donors (Lipinski definition) is 1. The lowest BCUT2D eigenvalue weighted by Gasteiger charge is -2.29. The Morgan fingerprint density at radius 2 is 1.86 bits per heavy atom. The molecule has 1 amide bonds. The lowest BCUT2D eigenvalue weighted by Crippen LogP contribution is -2.45. The molecule has 0 saturated carbocycles. The summed E-state index contributed by atoms with van der Waals surface area (Å²) in [5.41, 5.74) is 0.707. The van der Waals surface area contributed by atoms with Crippen LogP contribution < -0.4 is 19.1 Å². The third kappa shape index (κ3) is 5.30. The minimum atomic E-state index is -3.80. The van der Waals surface area contributed by atoms with Crippen molar-refractivity contribution in [2.75, 3.05) is 29.6 Å². The number of rotatable bonds is 8. The minimum absolute atomic E-state index is 0.187. The van der Waals surface area contributed by atoms with Crippen molar-refractivity contribution >= 4 is 38.9 Å². The SMILES string of the molecule is CCOc1ccc(NC(=O)[C@@H](C)N(c2cc(Cl)ccc2OC)S(C)(=O)=O)cc1. The molecule has 9 heteroatoms. The number of halogens is 1. The third-order valence-electron chi connectivity index (χ3n) is 3.90. The maximum atomic E-state index is 12.7. The van der Waals surface area contributed by atoms with Crippen LogP contribution in [-0.2, 0) is 14.8 Å². The molecule has 2 aromatic carbocycles. The number of ether oxygens (including phenoxy) is 2. The van der Waals surface area contributed by atoms with Crippen molar-refractivity contribution in [2.45, 2.75) is 19.9 Å². The smallest absolute Gasteiger partial charge is 0.247 e. The number of benzene rings is 2. The number of amides is 1. The molecule has 0 aliphatic carbocycles. The molecule has 152 valence electrons. The van der Waals surface area contributed by atoms with E-state index >= 15 is 0 Å². The van der Waals surface area contributed by atoms with Gasteiger partial charge in [-0.1, -0.05) is 11.6 Å². The standard InChI is InChI=1S/C19H23ClN2O5S/c1-5-27-16-9-7-15(8-10-16)21-19(23)13(2)22(28(4,24)25)17-12-14(20)6-11-18(17)26-3/h6-13H,5H2,1-4H3,(H,21,23)/t13-/m1/s1. The summed E-state index contributed by atoms with van der Waals surface area (Å²) in [6.07, 6.45) is 1.02. The van der Waals surface area contributed by atoms with Gasteiger partial charge in [-0.2, -0.15) is 0 Å². The summed E-state index contributed by atoms with van der Waals surface area (Å²) in [5, 5.41) is 3.03. The van der Waals surface area contributed by atoms with E-state index in [4.69, 9.17) is 21.1 Å². The highest BCUT2D eigenvalue weighted by atomic mass is 35.5. The minimum Gasteiger partial charge on any atom is -0.495 e. The topological polar surface area (TPSA) is 84.9 Å². The largest absolute Gasteiger partial charge is 0.495 e. The van der Waals surface area contributed by atoms with Crippen molar-refractivity contribution in [3.63, 3.8) is 0 Å². The van der Waals surface area contributed by atoms with Gasteiger partial charge in [0.1, 0.15) is 17.5 Å². The van der Waals surface area contributed by atoms with Crippen molar-refractivity contribution in [2.24, 2.45) is 0 Å². The van der Waals surface area contributed by atoms with Crippen molar-refractivity contribution in [1.82, 2.24) is 0 Å². The maximum absolute atomic E-state index is 12.7. The number of carbonyl (C=O) groups excluding carboxylic acids is 1. The molecule has 0 unspecified atom stereocenters. The number of nitrogens with zero attached hydrogens (tertiary/aromatic N) is 1. The lowest BCUT2D eigenvalue weighted by atomic mass is 10.2. The lowest BCUT2D eigenvalue weighted by molar-refractivity contribution is -0.116. The van der Waals surface area contributed by atoms with Crippen LogP contribution in [0.15, 0.2) is 42.5 Å². The molecular weight excluding hydrogens is 404 g/mol. The number of nitrogens with one attached hydrogen (secondary N) is 1. The van der Waals surface area contributed by atoms with E-state index < -0.39 is 22.0 Å². The predicted octanol–water partition coefficient (Wildman–Crippen LogP) is 3.54. The van der Waals surface area contributed by atoms with E-state index in [1.165, 1.54) is 20.1 Å². The van der Waals surface area contributed by atoms with Crippen LogP contribution in [0.1, 0.15) is 13.8 Å². The van der Waals surface area contributed by atoms with Crippen LogP contribution >= 0.6 is 11.6 Å². The summed E-state index contributed by atoms with van der Waals surface area (Å²) in [5.74, 6) is 0.460. The quantitative estimate of drug-likeness (QED) is 0.697. The van der Waals surface area contributed by atoms with Crippen LogP contribution in [0.2, 0.25) is 5.02 Å². The van der Waals surface area contributed by atoms with Gasteiger partial charge in [0, 0.05) is 10.7 Å². The molecule has 2 aromatic rings. The van der Waals surface area contributed by atoms with Gasteiger partial charge in [0.05, 0.1) is 25.7 Å². The molecular formula is C19H23ClN2O5S. The molecule has 0 aromatic heterocycles. The normalized spacial score (nSPS) is 12.2. The first-order valence-corrected chi connectivity index (χ1v) is 10.8. The molecule has 28 heavy (non-hydrogen) atoms. The van der Waals surface area contributed by atoms with Gasteiger partial charge >= 0.3 is 0 Å². The van der Waals surface area contributed by atoms with Gasteiger partial charge in [0.15, 0.2) is 0 Å². The zero-order valence-electron chi connectivity index (χ0n) is 16.1. The van der Waals surface area contributed by atoms with E-state index in [0.717, 1.165) is 10.6 Å². The Labute approximate surface area is 170 Å². The monoisotopic (exact) mass is 426 g/mol. The van der Waals surface area contributed by atoms with Gasteiger partial charge in [-0.05, 0) is 56.3 Å². The molecule has 0 saturated heterocycles. The summed E-state index contributed by atoms with van der Waals surface area (Å²) in [7, 11) is -2.39. The fourth-order valence-corrected chi connectivity index (χ4v) is 4.00. The van der Waals surface area contributed by atoms with E-state index in [9.17, 15) is 13.2 Å². The van der Waals surface area contributed by atoms with Gasteiger partial charge in [-0.25, -0.2) is 8.42 Å². The number of sulfonamides is 1. The van der Waals surface area contributed by atoms with E-state index in [1.54, 1.807) is 36.4 Å². The predicted molar refractivity (Wildman–Crippen MR) is 111 cm³/mol. The maximum Gasteiger partial charge on any atom is 0.247 e. The highest BCUT2D eigenvalue weighted by Crippen LogP contribution is 2.34. The second kappa shape index (κ2) is 9.16. The Morgan fingerprint density at radius 3 is 2.39 bits per heavy atom. The molecule has 7 nitrogen and oxygen atoms in total. The average Bonchev–Trinajstić information content (AvgIpc) is 2.62. The van der Waals surface area contributed by atoms with Crippen LogP contribution in [0.25, 0.3) is 0 Å². The van der Waals surface area contributed by atoms with Crippen molar-refractivity contribution in [3.8, 4) is 11.5 Å². The van der Waals surface area contributed by atoms with Crippen LogP contribution in [0.3, 0.4) is 0 Å². The highest BCUT2D eigenvalue weighted by molar-refractivity contribution is 7.92. The summed E-state index contributed by atoms with van der Waals surface area (Å²) in [6, 6.07) is 10.3. The van der Waals surface area contributed by atoms with Gasteiger partial charge in [-0.15, -0.1) is 0 Å². The van der Waals surface area contributed by atoms with E-state index in [-0.39, 0.29) is 11.4 Å². The Balaban J connectivity index is 2.32. The molecule has 1 atom stereocenters. The zero-order chi connectivity index (χ0) is 20.9. The fraction of sp³-hybridized carbons (Fsp3) is 0.316. The molecule has 0 radical (unpaired) electrons.